The van der Waals surface area contributed by atoms with Gasteiger partial charge in [-0.15, -0.1) is 0 Å². The summed E-state index contributed by atoms with van der Waals surface area (Å²) in [5.41, 5.74) is 2.70. The van der Waals surface area contributed by atoms with Crippen LogP contribution in [-0.2, 0) is 12.8 Å². The third-order valence-electron chi connectivity index (χ3n) is 5.36. The number of rotatable bonds is 5. The van der Waals surface area contributed by atoms with Crippen molar-refractivity contribution in [1.82, 2.24) is 0 Å². The van der Waals surface area contributed by atoms with Crippen molar-refractivity contribution in [3.05, 3.63) is 81.9 Å². The fourth-order valence-electron chi connectivity index (χ4n) is 3.87. The largest absolute Gasteiger partial charge is 0.504 e. The maximum Gasteiger partial charge on any atom is 0.201 e. The number of benzene rings is 3. The lowest BCUT2D eigenvalue weighted by atomic mass is 9.81. The van der Waals surface area contributed by atoms with Crippen molar-refractivity contribution >= 4 is 11.6 Å². The average Bonchev–Trinajstić information content (AvgIpc) is 2.76. The van der Waals surface area contributed by atoms with E-state index in [4.69, 9.17) is 9.47 Å². The van der Waals surface area contributed by atoms with Crippen LogP contribution in [0.15, 0.2) is 48.5 Å². The highest BCUT2D eigenvalue weighted by Crippen LogP contribution is 2.39. The summed E-state index contributed by atoms with van der Waals surface area (Å²) in [6, 6.07) is 13.1. The number of carbonyl (C=O) groups excluding carboxylic acids is 2. The van der Waals surface area contributed by atoms with E-state index in [0.717, 1.165) is 11.1 Å². The van der Waals surface area contributed by atoms with Gasteiger partial charge in [-0.1, -0.05) is 24.3 Å². The lowest BCUT2D eigenvalue weighted by Crippen LogP contribution is -2.23. The highest BCUT2D eigenvalue weighted by Gasteiger charge is 2.35. The molecule has 0 bridgehead atoms. The minimum atomic E-state index is -0.307. The first-order valence-corrected chi connectivity index (χ1v) is 9.43. The van der Waals surface area contributed by atoms with Crippen molar-refractivity contribution in [3.8, 4) is 23.0 Å². The Hall–Kier alpha value is -3.80. The molecule has 3 aromatic rings. The van der Waals surface area contributed by atoms with Crippen molar-refractivity contribution in [1.29, 1.82) is 0 Å². The third kappa shape index (κ3) is 3.06. The second-order valence-electron chi connectivity index (χ2n) is 7.04. The Bertz CT molecular complexity index is 1180. The summed E-state index contributed by atoms with van der Waals surface area (Å²) >= 11 is 0. The zero-order chi connectivity index (χ0) is 21.4. The normalized spacial score (nSPS) is 12.3. The number of methoxy groups -OCH3 is 2. The second kappa shape index (κ2) is 7.55. The molecule has 2 N–H and O–H groups in total. The van der Waals surface area contributed by atoms with E-state index in [2.05, 4.69) is 0 Å². The number of hydrogen-bond donors (Lipinski definition) is 2. The molecular weight excluding hydrogens is 384 g/mol. The predicted octanol–water partition coefficient (Wildman–Crippen LogP) is 3.68. The number of ketones is 2. The molecule has 0 saturated carbocycles. The number of hydrogen-bond acceptors (Lipinski definition) is 6. The first kappa shape index (κ1) is 19.5. The van der Waals surface area contributed by atoms with E-state index in [1.807, 2.05) is 0 Å². The van der Waals surface area contributed by atoms with Crippen LogP contribution in [0, 0.1) is 0 Å². The van der Waals surface area contributed by atoms with Crippen LogP contribution >= 0.6 is 0 Å². The number of carbonyl (C=O) groups is 2. The van der Waals surface area contributed by atoms with Crippen LogP contribution < -0.4 is 9.47 Å². The smallest absolute Gasteiger partial charge is 0.201 e. The summed E-state index contributed by atoms with van der Waals surface area (Å²) in [5.74, 6) is -0.199. The molecule has 0 saturated heterocycles. The van der Waals surface area contributed by atoms with E-state index < -0.39 is 0 Å². The van der Waals surface area contributed by atoms with Gasteiger partial charge in [0, 0.05) is 11.1 Å². The SMILES string of the molecule is COc1cccc2c1C(=O)c1c(ccc(CCc3ccc(O)c(O)c3)c1OC)C2=O. The van der Waals surface area contributed by atoms with Gasteiger partial charge in [0.15, 0.2) is 17.3 Å². The summed E-state index contributed by atoms with van der Waals surface area (Å²) in [6.45, 7) is 0. The van der Waals surface area contributed by atoms with Gasteiger partial charge in [-0.3, -0.25) is 9.59 Å². The molecular formula is C24H20O6. The van der Waals surface area contributed by atoms with E-state index in [1.54, 1.807) is 36.4 Å². The highest BCUT2D eigenvalue weighted by molar-refractivity contribution is 6.30. The van der Waals surface area contributed by atoms with Crippen molar-refractivity contribution < 1.29 is 29.3 Å². The predicted molar refractivity (Wildman–Crippen MR) is 110 cm³/mol. The van der Waals surface area contributed by atoms with E-state index >= 15 is 0 Å². The molecule has 0 amide bonds. The quantitative estimate of drug-likeness (QED) is 0.493. The van der Waals surface area contributed by atoms with E-state index in [9.17, 15) is 19.8 Å². The Balaban J connectivity index is 1.75. The van der Waals surface area contributed by atoms with Gasteiger partial charge in [-0.2, -0.15) is 0 Å². The lowest BCUT2D eigenvalue weighted by Gasteiger charge is -2.23. The molecule has 0 heterocycles. The van der Waals surface area contributed by atoms with Crippen molar-refractivity contribution in [2.24, 2.45) is 0 Å². The van der Waals surface area contributed by atoms with Crippen molar-refractivity contribution in [2.75, 3.05) is 14.2 Å². The molecule has 152 valence electrons. The van der Waals surface area contributed by atoms with Crippen LogP contribution in [0.2, 0.25) is 0 Å². The summed E-state index contributed by atoms with van der Waals surface area (Å²) < 4.78 is 10.9. The van der Waals surface area contributed by atoms with Gasteiger partial charge in [0.2, 0.25) is 5.78 Å². The van der Waals surface area contributed by atoms with Gasteiger partial charge >= 0.3 is 0 Å². The van der Waals surface area contributed by atoms with Crippen LogP contribution in [0.3, 0.4) is 0 Å². The molecule has 0 unspecified atom stereocenters. The number of fused-ring (bicyclic) bond motifs is 2. The Morgan fingerprint density at radius 1 is 0.767 bits per heavy atom. The minimum absolute atomic E-state index is 0.179. The monoisotopic (exact) mass is 404 g/mol. The van der Waals surface area contributed by atoms with E-state index in [0.29, 0.717) is 35.5 Å². The molecule has 1 aliphatic rings. The molecule has 0 radical (unpaired) electrons. The molecule has 0 aliphatic heterocycles. The third-order valence-corrected chi connectivity index (χ3v) is 5.36. The van der Waals surface area contributed by atoms with Gasteiger partial charge in [0.05, 0.1) is 25.3 Å². The second-order valence-corrected chi connectivity index (χ2v) is 7.04. The number of ether oxygens (including phenoxy) is 2. The molecule has 0 aromatic heterocycles. The fourth-order valence-corrected chi connectivity index (χ4v) is 3.87. The molecule has 6 heteroatoms. The van der Waals surface area contributed by atoms with Gasteiger partial charge in [0.25, 0.3) is 0 Å². The summed E-state index contributed by atoms with van der Waals surface area (Å²) in [7, 11) is 2.94. The Kier molecular flexibility index (Phi) is 4.91. The summed E-state index contributed by atoms with van der Waals surface area (Å²) in [5, 5.41) is 19.2. The van der Waals surface area contributed by atoms with Gasteiger partial charge in [-0.25, -0.2) is 0 Å². The molecule has 30 heavy (non-hydrogen) atoms. The zero-order valence-corrected chi connectivity index (χ0v) is 16.6. The highest BCUT2D eigenvalue weighted by atomic mass is 16.5. The Morgan fingerprint density at radius 2 is 1.53 bits per heavy atom. The molecule has 4 rings (SSSR count). The minimum Gasteiger partial charge on any atom is -0.504 e. The molecule has 0 spiro atoms. The lowest BCUT2D eigenvalue weighted by molar-refractivity contribution is 0.0973. The molecule has 1 aliphatic carbocycles. The average molecular weight is 404 g/mol. The maximum absolute atomic E-state index is 13.3. The topological polar surface area (TPSA) is 93.1 Å². The summed E-state index contributed by atoms with van der Waals surface area (Å²) in [6.07, 6.45) is 1.06. The fraction of sp³-hybridized carbons (Fsp3) is 0.167. The molecule has 6 nitrogen and oxygen atoms in total. The van der Waals surface area contributed by atoms with Crippen LogP contribution in [-0.4, -0.2) is 36.0 Å². The van der Waals surface area contributed by atoms with Gasteiger partial charge in [0.1, 0.15) is 11.5 Å². The Morgan fingerprint density at radius 3 is 2.23 bits per heavy atom. The van der Waals surface area contributed by atoms with Gasteiger partial charge in [-0.05, 0) is 48.2 Å². The number of aromatic hydroxyl groups is 2. The van der Waals surface area contributed by atoms with Crippen LogP contribution in [0.25, 0.3) is 0 Å². The van der Waals surface area contributed by atoms with Gasteiger partial charge < -0.3 is 19.7 Å². The zero-order valence-electron chi connectivity index (χ0n) is 16.6. The number of phenolic OH excluding ortho intramolecular Hbond substituents is 2. The first-order chi connectivity index (χ1) is 14.5. The molecule has 0 atom stereocenters. The molecule has 3 aromatic carbocycles. The van der Waals surface area contributed by atoms with Crippen LogP contribution in [0.1, 0.15) is 43.0 Å². The first-order valence-electron chi connectivity index (χ1n) is 9.43. The number of phenols is 2. The molecule has 0 fully saturated rings. The van der Waals surface area contributed by atoms with Crippen LogP contribution in [0.4, 0.5) is 0 Å². The Labute approximate surface area is 173 Å². The maximum atomic E-state index is 13.3. The standard InChI is InChI=1S/C24H20O6/c1-29-19-5-3-4-15-20(19)23(28)21-16(22(15)27)10-9-14(24(21)30-2)8-6-13-7-11-17(25)18(26)12-13/h3-5,7,9-12,25-26H,6,8H2,1-2H3. The van der Waals surface area contributed by atoms with Crippen molar-refractivity contribution in [3.63, 3.8) is 0 Å². The van der Waals surface area contributed by atoms with E-state index in [-0.39, 0.29) is 34.2 Å². The summed E-state index contributed by atoms with van der Waals surface area (Å²) in [4.78, 5) is 26.4. The van der Waals surface area contributed by atoms with Crippen molar-refractivity contribution in [2.45, 2.75) is 12.8 Å². The van der Waals surface area contributed by atoms with E-state index in [1.165, 1.54) is 26.4 Å². The van der Waals surface area contributed by atoms with Crippen LogP contribution in [0.5, 0.6) is 23.0 Å². The number of aryl methyl sites for hydroxylation is 2.